The molecule has 40 heavy (non-hydrogen) atoms. The molecular weight excluding hydrogens is 526 g/mol. The molecule has 4 rings (SSSR count). The molecule has 0 unspecified atom stereocenters. The van der Waals surface area contributed by atoms with Gasteiger partial charge in [-0.15, -0.1) is 5.10 Å². The van der Waals surface area contributed by atoms with Crippen LogP contribution in [0.1, 0.15) is 39.6 Å². The molecule has 3 aromatic rings. The van der Waals surface area contributed by atoms with E-state index >= 15 is 0 Å². The van der Waals surface area contributed by atoms with Crippen molar-refractivity contribution in [2.24, 2.45) is 0 Å². The lowest BCUT2D eigenvalue weighted by Gasteiger charge is -2.44. The van der Waals surface area contributed by atoms with Crippen molar-refractivity contribution in [3.63, 3.8) is 0 Å². The van der Waals surface area contributed by atoms with Gasteiger partial charge in [0.25, 0.3) is 0 Å². The van der Waals surface area contributed by atoms with E-state index in [1.807, 2.05) is 30.3 Å². The number of anilines is 1. The predicted octanol–water partition coefficient (Wildman–Crippen LogP) is 1.69. The lowest BCUT2D eigenvalue weighted by atomic mass is 9.97. The third-order valence-electron chi connectivity index (χ3n) is 5.88. The zero-order valence-corrected chi connectivity index (χ0v) is 22.3. The van der Waals surface area contributed by atoms with E-state index in [-0.39, 0.29) is 13.2 Å². The molecule has 1 fully saturated rings. The van der Waals surface area contributed by atoms with E-state index in [0.717, 1.165) is 30.4 Å². The van der Waals surface area contributed by atoms with Gasteiger partial charge >= 0.3 is 23.9 Å². The highest BCUT2D eigenvalue weighted by Crippen LogP contribution is 2.34. The van der Waals surface area contributed by atoms with Gasteiger partial charge in [0.15, 0.2) is 24.5 Å². The predicted molar refractivity (Wildman–Crippen MR) is 136 cm³/mol. The minimum atomic E-state index is -1.31. The van der Waals surface area contributed by atoms with E-state index in [9.17, 15) is 19.2 Å². The highest BCUT2D eigenvalue weighted by Gasteiger charge is 2.53. The van der Waals surface area contributed by atoms with Crippen LogP contribution in [0.3, 0.4) is 0 Å². The maximum Gasteiger partial charge on any atom is 0.303 e. The summed E-state index contributed by atoms with van der Waals surface area (Å²) in [4.78, 5) is 52.0. The summed E-state index contributed by atoms with van der Waals surface area (Å²) in [6.07, 6.45) is -2.87. The van der Waals surface area contributed by atoms with Crippen LogP contribution in [0.5, 0.6) is 0 Å². The Morgan fingerprint density at radius 3 is 2.27 bits per heavy atom. The molecule has 0 bridgehead atoms. The monoisotopic (exact) mass is 555 g/mol. The Morgan fingerprint density at radius 1 is 0.900 bits per heavy atom. The highest BCUT2D eigenvalue weighted by molar-refractivity contribution is 5.90. The third kappa shape index (κ3) is 6.88. The lowest BCUT2D eigenvalue weighted by Crippen LogP contribution is -2.60. The third-order valence-corrected chi connectivity index (χ3v) is 5.88. The van der Waals surface area contributed by atoms with Gasteiger partial charge < -0.3 is 29.0 Å². The summed E-state index contributed by atoms with van der Waals surface area (Å²) in [7, 11) is 0. The van der Waals surface area contributed by atoms with Crippen LogP contribution in [0, 0.1) is 0 Å². The van der Waals surface area contributed by atoms with Crippen molar-refractivity contribution in [2.75, 3.05) is 11.9 Å². The van der Waals surface area contributed by atoms with Gasteiger partial charge in [-0.2, -0.15) is 0 Å². The smallest absolute Gasteiger partial charge is 0.303 e. The number of pyridine rings is 1. The Balaban J connectivity index is 1.63. The fraction of sp³-hybridized carbons (Fsp3) is 0.423. The number of carbonyl (C=O) groups excluding carboxylic acids is 4. The van der Waals surface area contributed by atoms with Crippen molar-refractivity contribution in [1.29, 1.82) is 0 Å². The van der Waals surface area contributed by atoms with Crippen LogP contribution in [0.15, 0.2) is 42.7 Å². The molecule has 0 amide bonds. The molecule has 5 atom stereocenters. The fourth-order valence-electron chi connectivity index (χ4n) is 4.37. The average molecular weight is 556 g/mol. The van der Waals surface area contributed by atoms with E-state index < -0.39 is 54.5 Å². The Hall–Kier alpha value is -4.59. The van der Waals surface area contributed by atoms with Crippen LogP contribution >= 0.6 is 0 Å². The summed E-state index contributed by atoms with van der Waals surface area (Å²) >= 11 is 0. The number of aromatic nitrogens is 4. The van der Waals surface area contributed by atoms with Crippen LogP contribution in [0.4, 0.5) is 5.69 Å². The number of para-hydroxylation sites is 1. The summed E-state index contributed by atoms with van der Waals surface area (Å²) in [5, 5.41) is 12.6. The molecule has 1 N–H and O–H groups in total. The molecule has 14 heteroatoms. The minimum absolute atomic E-state index is 0.265. The molecule has 0 aliphatic carbocycles. The number of rotatable bonds is 9. The second-order valence-corrected chi connectivity index (χ2v) is 9.01. The summed E-state index contributed by atoms with van der Waals surface area (Å²) < 4.78 is 28.9. The van der Waals surface area contributed by atoms with E-state index in [2.05, 4.69) is 20.6 Å². The first-order valence-corrected chi connectivity index (χ1v) is 12.4. The van der Waals surface area contributed by atoms with E-state index in [1.54, 1.807) is 12.4 Å². The van der Waals surface area contributed by atoms with Crippen LogP contribution in [0.25, 0.3) is 10.9 Å². The first kappa shape index (κ1) is 28.4. The number of hydrogen-bond acceptors (Lipinski definition) is 13. The van der Waals surface area contributed by atoms with Crippen molar-refractivity contribution in [3.05, 3.63) is 48.4 Å². The Bertz CT molecular complexity index is 1390. The first-order chi connectivity index (χ1) is 19.1. The molecule has 0 spiro atoms. The standard InChI is InChI=1S/C26H29N5O9/c1-14(32)36-13-21-23(37-15(2)33)24(38-16(3)34)25(39-17(4)35)26(40-21)31-12-19(29-30-31)11-28-20-9-5-7-18-8-6-10-27-22(18)20/h5-10,12,21,23-26,28H,11,13H2,1-4H3/t21-,23-,24+,25-,26-/m1/s1. The molecule has 1 saturated heterocycles. The Morgan fingerprint density at radius 2 is 1.57 bits per heavy atom. The van der Waals surface area contributed by atoms with Crippen molar-refractivity contribution >= 4 is 40.5 Å². The van der Waals surface area contributed by atoms with Crippen molar-refractivity contribution in [1.82, 2.24) is 20.0 Å². The molecule has 0 radical (unpaired) electrons. The number of hydrogen-bond donors (Lipinski definition) is 1. The summed E-state index contributed by atoms with van der Waals surface area (Å²) in [5.41, 5.74) is 2.08. The SMILES string of the molecule is CC(=O)OC[C@H]1O[C@@H](n2cc(CNc3cccc4cccnc34)nn2)[C@H](OC(C)=O)[C@@H](OC(C)=O)[C@@H]1OC(C)=O. The van der Waals surface area contributed by atoms with Gasteiger partial charge in [-0.1, -0.05) is 23.4 Å². The number of benzene rings is 1. The summed E-state index contributed by atoms with van der Waals surface area (Å²) in [6, 6.07) is 9.55. The van der Waals surface area contributed by atoms with Crippen molar-refractivity contribution in [2.45, 2.75) is 64.9 Å². The molecule has 0 saturated carbocycles. The highest BCUT2D eigenvalue weighted by atomic mass is 16.7. The Labute approximate surface area is 228 Å². The van der Waals surface area contributed by atoms with Crippen LogP contribution in [-0.4, -0.2) is 74.9 Å². The summed E-state index contributed by atoms with van der Waals surface area (Å²) in [6.45, 7) is 4.61. The number of nitrogens with one attached hydrogen (secondary N) is 1. The molecule has 1 aromatic carbocycles. The number of esters is 4. The topological polar surface area (TPSA) is 170 Å². The molecule has 1 aliphatic rings. The van der Waals surface area contributed by atoms with Crippen molar-refractivity contribution in [3.8, 4) is 0 Å². The maximum atomic E-state index is 12.1. The fourth-order valence-corrected chi connectivity index (χ4v) is 4.37. The number of fused-ring (bicyclic) bond motifs is 1. The van der Waals surface area contributed by atoms with Crippen LogP contribution in [0.2, 0.25) is 0 Å². The second kappa shape index (κ2) is 12.5. The van der Waals surface area contributed by atoms with Gasteiger partial charge in [0.05, 0.1) is 23.9 Å². The molecule has 212 valence electrons. The molecule has 3 heterocycles. The maximum absolute atomic E-state index is 12.1. The van der Waals surface area contributed by atoms with Gasteiger partial charge in [-0.3, -0.25) is 24.2 Å². The zero-order valence-electron chi connectivity index (χ0n) is 22.3. The van der Waals surface area contributed by atoms with Gasteiger partial charge in [0.2, 0.25) is 0 Å². The van der Waals surface area contributed by atoms with E-state index in [1.165, 1.54) is 18.5 Å². The minimum Gasteiger partial charge on any atom is -0.463 e. The average Bonchev–Trinajstić information content (AvgIpc) is 3.36. The molecular formula is C26H29N5O9. The zero-order chi connectivity index (χ0) is 28.8. The first-order valence-electron chi connectivity index (χ1n) is 12.4. The normalized spacial score (nSPS) is 22.2. The number of carbonyl (C=O) groups is 4. The molecule has 1 aliphatic heterocycles. The lowest BCUT2D eigenvalue weighted by molar-refractivity contribution is -0.270. The summed E-state index contributed by atoms with van der Waals surface area (Å²) in [5.74, 6) is -2.75. The van der Waals surface area contributed by atoms with Gasteiger partial charge in [-0.05, 0) is 12.1 Å². The largest absolute Gasteiger partial charge is 0.463 e. The van der Waals surface area contributed by atoms with E-state index in [0.29, 0.717) is 5.69 Å². The van der Waals surface area contributed by atoms with E-state index in [4.69, 9.17) is 23.7 Å². The van der Waals surface area contributed by atoms with Gasteiger partial charge in [-0.25, -0.2) is 4.68 Å². The number of ether oxygens (including phenoxy) is 5. The van der Waals surface area contributed by atoms with Gasteiger partial charge in [0, 0.05) is 39.3 Å². The second-order valence-electron chi connectivity index (χ2n) is 9.01. The quantitative estimate of drug-likeness (QED) is 0.299. The van der Waals surface area contributed by atoms with Crippen LogP contribution in [-0.2, 0) is 49.4 Å². The number of nitrogens with zero attached hydrogens (tertiary/aromatic N) is 4. The van der Waals surface area contributed by atoms with Gasteiger partial charge in [0.1, 0.15) is 18.4 Å². The van der Waals surface area contributed by atoms with Crippen molar-refractivity contribution < 1.29 is 42.9 Å². The molecule has 2 aromatic heterocycles. The van der Waals surface area contributed by atoms with Crippen LogP contribution < -0.4 is 5.32 Å². The molecule has 14 nitrogen and oxygen atoms in total. The Kier molecular flexibility index (Phi) is 8.89.